The minimum Gasteiger partial charge on any atom is -0.464 e. The number of amides is 3. The minimum atomic E-state index is -1.00. The lowest BCUT2D eigenvalue weighted by molar-refractivity contribution is -0.153. The first-order valence-electron chi connectivity index (χ1n) is 11.2. The lowest BCUT2D eigenvalue weighted by atomic mass is 9.93. The maximum absolute atomic E-state index is 12.6. The minimum absolute atomic E-state index is 0.112. The first-order valence-corrected chi connectivity index (χ1v) is 11.2. The van der Waals surface area contributed by atoms with Gasteiger partial charge < -0.3 is 29.5 Å². The number of carbonyl (C=O) groups is 4. The quantitative estimate of drug-likeness (QED) is 0.167. The number of hydrogen-bond acceptors (Lipinski definition) is 8. The Labute approximate surface area is 200 Å². The van der Waals surface area contributed by atoms with Gasteiger partial charge in [0.1, 0.15) is 17.2 Å². The zero-order valence-electron chi connectivity index (χ0n) is 21.2. The molecule has 0 heterocycles. The van der Waals surface area contributed by atoms with E-state index in [1.807, 2.05) is 0 Å². The van der Waals surface area contributed by atoms with Gasteiger partial charge in [-0.1, -0.05) is 0 Å². The number of nitrogens with one attached hydrogen (secondary N) is 2. The molecule has 3 amide bonds. The molecule has 0 aromatic carbocycles. The van der Waals surface area contributed by atoms with Gasteiger partial charge in [0.25, 0.3) is 0 Å². The second-order valence-corrected chi connectivity index (χ2v) is 10.1. The summed E-state index contributed by atoms with van der Waals surface area (Å²) in [5, 5.41) is 15.6. The Morgan fingerprint density at radius 3 is 2.21 bits per heavy atom. The molecule has 0 aliphatic heterocycles. The van der Waals surface area contributed by atoms with Crippen molar-refractivity contribution in [3.8, 4) is 0 Å². The molecule has 34 heavy (non-hydrogen) atoms. The van der Waals surface area contributed by atoms with Crippen LogP contribution in [0, 0.1) is 5.92 Å². The molecule has 1 rings (SSSR count). The Bertz CT molecular complexity index is 772. The smallest absolute Gasteiger partial charge is 0.437 e. The number of carbonyl (C=O) groups excluding carboxylic acids is 4. The van der Waals surface area contributed by atoms with E-state index in [9.17, 15) is 24.3 Å². The molecule has 1 aliphatic rings. The number of nitrogens with zero attached hydrogens (tertiary/aromatic N) is 2. The summed E-state index contributed by atoms with van der Waals surface area (Å²) in [5.74, 6) is -1.51. The summed E-state index contributed by atoms with van der Waals surface area (Å²) in [4.78, 5) is 53.7. The van der Waals surface area contributed by atoms with Crippen molar-refractivity contribution in [2.45, 2.75) is 90.7 Å². The van der Waals surface area contributed by atoms with E-state index >= 15 is 0 Å². The molecule has 1 saturated carbocycles. The first-order chi connectivity index (χ1) is 15.6. The number of ether oxygens (including phenoxy) is 3. The van der Waals surface area contributed by atoms with Crippen LogP contribution < -0.4 is 10.6 Å². The predicted octanol–water partition coefficient (Wildman–Crippen LogP) is 1.55. The SMILES string of the molecule is CCOC(=O)C([C@@H]1CC(O)C[C@H]1NC(=NC(=O)OC(C)(C)C)NC(=O)OC(C)(C)C)N(C)C=O. The Morgan fingerprint density at radius 1 is 1.12 bits per heavy atom. The normalized spacial score (nSPS) is 21.8. The van der Waals surface area contributed by atoms with Crippen LogP contribution in [0.5, 0.6) is 0 Å². The molecule has 0 aromatic rings. The Kier molecular flexibility index (Phi) is 10.3. The van der Waals surface area contributed by atoms with E-state index in [1.54, 1.807) is 48.5 Å². The lowest BCUT2D eigenvalue weighted by Gasteiger charge is -2.32. The van der Waals surface area contributed by atoms with Crippen molar-refractivity contribution < 1.29 is 38.5 Å². The fraction of sp³-hybridized carbons (Fsp3) is 0.773. The van der Waals surface area contributed by atoms with Crippen LogP contribution in [0.25, 0.3) is 0 Å². The molecule has 0 bridgehead atoms. The fourth-order valence-corrected chi connectivity index (χ4v) is 3.54. The lowest BCUT2D eigenvalue weighted by Crippen LogP contribution is -2.54. The van der Waals surface area contributed by atoms with Crippen LogP contribution in [0.3, 0.4) is 0 Å². The third-order valence-electron chi connectivity index (χ3n) is 4.66. The summed E-state index contributed by atoms with van der Waals surface area (Å²) < 4.78 is 15.6. The van der Waals surface area contributed by atoms with E-state index in [0.717, 1.165) is 0 Å². The van der Waals surface area contributed by atoms with Crippen molar-refractivity contribution in [2.24, 2.45) is 10.9 Å². The number of alkyl carbamates (subject to hydrolysis) is 1. The van der Waals surface area contributed by atoms with Crippen molar-refractivity contribution in [1.29, 1.82) is 0 Å². The second-order valence-electron chi connectivity index (χ2n) is 10.1. The fourth-order valence-electron chi connectivity index (χ4n) is 3.54. The Balaban J connectivity index is 3.24. The summed E-state index contributed by atoms with van der Waals surface area (Å²) >= 11 is 0. The van der Waals surface area contributed by atoms with Gasteiger partial charge >= 0.3 is 18.2 Å². The zero-order valence-corrected chi connectivity index (χ0v) is 21.2. The van der Waals surface area contributed by atoms with Crippen molar-refractivity contribution in [2.75, 3.05) is 13.7 Å². The van der Waals surface area contributed by atoms with E-state index in [1.165, 1.54) is 11.9 Å². The largest absolute Gasteiger partial charge is 0.464 e. The molecule has 3 N–H and O–H groups in total. The second kappa shape index (κ2) is 12.0. The molecule has 1 fully saturated rings. The van der Waals surface area contributed by atoms with Crippen LogP contribution >= 0.6 is 0 Å². The van der Waals surface area contributed by atoms with E-state index in [4.69, 9.17) is 14.2 Å². The third kappa shape index (κ3) is 9.94. The highest BCUT2D eigenvalue weighted by atomic mass is 16.6. The first kappa shape index (κ1) is 29.1. The zero-order chi connectivity index (χ0) is 26.3. The maximum Gasteiger partial charge on any atom is 0.437 e. The van der Waals surface area contributed by atoms with E-state index < -0.39 is 53.5 Å². The number of aliphatic hydroxyl groups excluding tert-OH is 1. The number of rotatable bonds is 6. The molecule has 194 valence electrons. The molecule has 0 aromatic heterocycles. The summed E-state index contributed by atoms with van der Waals surface area (Å²) in [5.41, 5.74) is -1.64. The van der Waals surface area contributed by atoms with Gasteiger partial charge in [0.15, 0.2) is 0 Å². The van der Waals surface area contributed by atoms with Crippen LogP contribution in [0.4, 0.5) is 9.59 Å². The van der Waals surface area contributed by atoms with Crippen LogP contribution in [0.1, 0.15) is 61.3 Å². The van der Waals surface area contributed by atoms with Gasteiger partial charge in [0.2, 0.25) is 12.4 Å². The van der Waals surface area contributed by atoms with E-state index in [0.29, 0.717) is 6.41 Å². The van der Waals surface area contributed by atoms with Gasteiger partial charge in [-0.15, -0.1) is 4.99 Å². The maximum atomic E-state index is 12.6. The Hall–Kier alpha value is -2.89. The number of guanidine groups is 1. The molecule has 0 saturated heterocycles. The van der Waals surface area contributed by atoms with Crippen molar-refractivity contribution in [3.05, 3.63) is 0 Å². The Morgan fingerprint density at radius 2 is 1.71 bits per heavy atom. The molecule has 12 nitrogen and oxygen atoms in total. The molecule has 12 heteroatoms. The highest BCUT2D eigenvalue weighted by molar-refractivity contribution is 5.99. The molecule has 2 unspecified atom stereocenters. The molecule has 4 atom stereocenters. The molecule has 0 spiro atoms. The van der Waals surface area contributed by atoms with Gasteiger partial charge in [-0.3, -0.25) is 10.1 Å². The predicted molar refractivity (Wildman–Crippen MR) is 123 cm³/mol. The number of hydrogen-bond donors (Lipinski definition) is 3. The number of aliphatic imine (C=N–C) groups is 1. The third-order valence-corrected chi connectivity index (χ3v) is 4.66. The van der Waals surface area contributed by atoms with Crippen molar-refractivity contribution in [1.82, 2.24) is 15.5 Å². The summed E-state index contributed by atoms with van der Waals surface area (Å²) in [6, 6.07) is -1.65. The molecule has 1 aliphatic carbocycles. The number of esters is 1. The molecular formula is C22H38N4O8. The van der Waals surface area contributed by atoms with Crippen molar-refractivity contribution in [3.63, 3.8) is 0 Å². The van der Waals surface area contributed by atoms with E-state index in [2.05, 4.69) is 15.6 Å². The van der Waals surface area contributed by atoms with Crippen LogP contribution in [0.15, 0.2) is 4.99 Å². The van der Waals surface area contributed by atoms with Gasteiger partial charge in [0, 0.05) is 19.0 Å². The van der Waals surface area contributed by atoms with Gasteiger partial charge in [-0.25, -0.2) is 14.4 Å². The van der Waals surface area contributed by atoms with Gasteiger partial charge in [-0.2, -0.15) is 0 Å². The monoisotopic (exact) mass is 486 g/mol. The highest BCUT2D eigenvalue weighted by Gasteiger charge is 2.44. The summed E-state index contributed by atoms with van der Waals surface area (Å²) in [6.07, 6.45) is -1.80. The van der Waals surface area contributed by atoms with E-state index in [-0.39, 0.29) is 25.4 Å². The number of likely N-dealkylation sites (N-methyl/N-ethyl adjacent to an activating group) is 1. The average molecular weight is 487 g/mol. The number of aliphatic hydroxyl groups is 1. The standard InChI is InChI=1S/C22H38N4O8/c1-9-32-17(29)16(26(8)12-27)14-10-13(28)11-15(14)23-18(24-19(30)33-21(2,3)4)25-20(31)34-22(5,6)7/h12-16,28H,9-11H2,1-8H3,(H2,23,24,25,30,31)/t13?,14-,15-,16?/m1/s1. The van der Waals surface area contributed by atoms with Crippen LogP contribution in [0.2, 0.25) is 0 Å². The highest BCUT2D eigenvalue weighted by Crippen LogP contribution is 2.31. The van der Waals surface area contributed by atoms with Gasteiger partial charge in [0.05, 0.1) is 12.7 Å². The summed E-state index contributed by atoms with van der Waals surface area (Å²) in [6.45, 7) is 11.8. The molecule has 0 radical (unpaired) electrons. The van der Waals surface area contributed by atoms with Gasteiger partial charge in [-0.05, 0) is 61.3 Å². The van der Waals surface area contributed by atoms with Crippen molar-refractivity contribution >= 4 is 30.5 Å². The topological polar surface area (TPSA) is 156 Å². The average Bonchev–Trinajstić information content (AvgIpc) is 2.98. The molecular weight excluding hydrogens is 448 g/mol. The van der Waals surface area contributed by atoms with Crippen LogP contribution in [-0.4, -0.2) is 83.6 Å². The van der Waals surface area contributed by atoms with Crippen LogP contribution in [-0.2, 0) is 23.8 Å². The summed E-state index contributed by atoms with van der Waals surface area (Å²) in [7, 11) is 1.44.